The fourth-order valence-corrected chi connectivity index (χ4v) is 2.11. The highest BCUT2D eigenvalue weighted by Gasteiger charge is 2.09. The molecule has 4 nitrogen and oxygen atoms in total. The Kier molecular flexibility index (Phi) is 4.25. The summed E-state index contributed by atoms with van der Waals surface area (Å²) in [6.45, 7) is 3.92. The van der Waals surface area contributed by atoms with Gasteiger partial charge in [0.25, 0.3) is 5.91 Å². The first kappa shape index (κ1) is 14.3. The molecule has 0 fully saturated rings. The zero-order valence-corrected chi connectivity index (χ0v) is 12.4. The van der Waals surface area contributed by atoms with Crippen molar-refractivity contribution in [3.8, 4) is 0 Å². The van der Waals surface area contributed by atoms with E-state index >= 15 is 0 Å². The summed E-state index contributed by atoms with van der Waals surface area (Å²) in [7, 11) is 1.94. The Balaban J connectivity index is 2.07. The summed E-state index contributed by atoms with van der Waals surface area (Å²) in [6.07, 6.45) is 1.60. The number of nitrogens with one attached hydrogen (secondary N) is 1. The average Bonchev–Trinajstić information content (AvgIpc) is 2.70. The van der Waals surface area contributed by atoms with Crippen molar-refractivity contribution in [1.29, 1.82) is 0 Å². The molecule has 0 radical (unpaired) electrons. The molecule has 0 atom stereocenters. The minimum absolute atomic E-state index is 0.322. The van der Waals surface area contributed by atoms with E-state index in [0.717, 1.165) is 17.0 Å². The number of amides is 1. The molecule has 1 amide bonds. The third-order valence-corrected chi connectivity index (χ3v) is 3.46. The minimum atomic E-state index is -0.322. The average molecular weight is 290 g/mol. The van der Waals surface area contributed by atoms with Crippen molar-refractivity contribution in [2.75, 3.05) is 0 Å². The van der Waals surface area contributed by atoms with Gasteiger partial charge in [-0.05, 0) is 43.7 Å². The monoisotopic (exact) mass is 289 g/mol. The maximum atomic E-state index is 11.9. The van der Waals surface area contributed by atoms with Crippen LogP contribution in [0.4, 0.5) is 0 Å². The number of carbonyl (C=O) groups is 1. The van der Waals surface area contributed by atoms with Crippen LogP contribution >= 0.6 is 11.6 Å². The second kappa shape index (κ2) is 5.92. The van der Waals surface area contributed by atoms with Gasteiger partial charge in [-0.25, -0.2) is 5.43 Å². The molecule has 104 valence electrons. The summed E-state index contributed by atoms with van der Waals surface area (Å²) in [6, 6.07) is 9.20. The lowest BCUT2D eigenvalue weighted by Gasteiger charge is -2.04. The molecule has 0 unspecified atom stereocenters. The van der Waals surface area contributed by atoms with E-state index in [4.69, 9.17) is 11.6 Å². The van der Waals surface area contributed by atoms with Crippen LogP contribution in [0, 0.1) is 13.8 Å². The van der Waals surface area contributed by atoms with E-state index in [1.807, 2.05) is 43.7 Å². The molecule has 2 aromatic rings. The van der Waals surface area contributed by atoms with Gasteiger partial charge in [-0.3, -0.25) is 4.79 Å². The third kappa shape index (κ3) is 3.08. The molecular weight excluding hydrogens is 274 g/mol. The van der Waals surface area contributed by atoms with E-state index in [2.05, 4.69) is 10.5 Å². The first-order valence-electron chi connectivity index (χ1n) is 6.21. The molecule has 0 aliphatic carbocycles. The van der Waals surface area contributed by atoms with Crippen molar-refractivity contribution in [3.05, 3.63) is 57.9 Å². The standard InChI is InChI=1S/C15H16ClN3O/c1-10-4-7-13(14(16)8-10)15(20)18-17-9-12-6-5-11(2)19(12)3/h4-9H,1-3H3,(H,18,20)/b17-9+. The molecule has 0 spiro atoms. The Labute approximate surface area is 123 Å². The van der Waals surface area contributed by atoms with Gasteiger partial charge in [-0.2, -0.15) is 5.10 Å². The SMILES string of the molecule is Cc1ccc(C(=O)N/N=C/c2ccc(C)n2C)c(Cl)c1. The second-order valence-electron chi connectivity index (χ2n) is 4.64. The lowest BCUT2D eigenvalue weighted by molar-refractivity contribution is 0.0955. The van der Waals surface area contributed by atoms with Gasteiger partial charge < -0.3 is 4.57 Å². The highest BCUT2D eigenvalue weighted by atomic mass is 35.5. The molecule has 1 aromatic heterocycles. The van der Waals surface area contributed by atoms with Gasteiger partial charge in [0, 0.05) is 12.7 Å². The van der Waals surface area contributed by atoms with Crippen LogP contribution in [0.15, 0.2) is 35.4 Å². The van der Waals surface area contributed by atoms with Crippen LogP contribution in [-0.2, 0) is 7.05 Å². The first-order valence-corrected chi connectivity index (χ1v) is 6.58. The number of hydrogen-bond acceptors (Lipinski definition) is 2. The second-order valence-corrected chi connectivity index (χ2v) is 5.05. The van der Waals surface area contributed by atoms with Crippen molar-refractivity contribution in [2.24, 2.45) is 12.1 Å². The predicted molar refractivity (Wildman–Crippen MR) is 81.4 cm³/mol. The van der Waals surface area contributed by atoms with Crippen LogP contribution in [0.3, 0.4) is 0 Å². The summed E-state index contributed by atoms with van der Waals surface area (Å²) in [5.41, 5.74) is 5.94. The lowest BCUT2D eigenvalue weighted by atomic mass is 10.1. The normalized spacial score (nSPS) is 11.0. The molecule has 0 saturated carbocycles. The molecule has 1 aromatic carbocycles. The predicted octanol–water partition coefficient (Wildman–Crippen LogP) is 3.06. The number of aromatic nitrogens is 1. The number of benzene rings is 1. The van der Waals surface area contributed by atoms with Crippen LogP contribution in [0.5, 0.6) is 0 Å². The Bertz CT molecular complexity index is 674. The maximum absolute atomic E-state index is 11.9. The van der Waals surface area contributed by atoms with Crippen molar-refractivity contribution >= 4 is 23.7 Å². The fourth-order valence-electron chi connectivity index (χ4n) is 1.78. The largest absolute Gasteiger partial charge is 0.347 e. The van der Waals surface area contributed by atoms with Crippen molar-refractivity contribution in [2.45, 2.75) is 13.8 Å². The third-order valence-electron chi connectivity index (χ3n) is 3.14. The van der Waals surface area contributed by atoms with Crippen LogP contribution in [-0.4, -0.2) is 16.7 Å². The Morgan fingerprint density at radius 3 is 2.65 bits per heavy atom. The smallest absolute Gasteiger partial charge is 0.272 e. The van der Waals surface area contributed by atoms with Gasteiger partial charge >= 0.3 is 0 Å². The van der Waals surface area contributed by atoms with Gasteiger partial charge in [0.1, 0.15) is 0 Å². The number of nitrogens with zero attached hydrogens (tertiary/aromatic N) is 2. The zero-order valence-electron chi connectivity index (χ0n) is 11.6. The van der Waals surface area contributed by atoms with Gasteiger partial charge in [-0.15, -0.1) is 0 Å². The Morgan fingerprint density at radius 1 is 1.30 bits per heavy atom. The molecule has 0 saturated heterocycles. The summed E-state index contributed by atoms with van der Waals surface area (Å²) in [5.74, 6) is -0.322. The number of carbonyl (C=O) groups excluding carboxylic acids is 1. The number of aryl methyl sites for hydroxylation is 2. The van der Waals surface area contributed by atoms with E-state index in [1.54, 1.807) is 18.3 Å². The fraction of sp³-hybridized carbons (Fsp3) is 0.200. The van der Waals surface area contributed by atoms with Crippen molar-refractivity contribution in [1.82, 2.24) is 9.99 Å². The van der Waals surface area contributed by atoms with E-state index in [9.17, 15) is 4.79 Å². The summed E-state index contributed by atoms with van der Waals surface area (Å²) < 4.78 is 1.98. The number of hydrogen-bond donors (Lipinski definition) is 1. The highest BCUT2D eigenvalue weighted by molar-refractivity contribution is 6.33. The van der Waals surface area contributed by atoms with Crippen LogP contribution < -0.4 is 5.43 Å². The van der Waals surface area contributed by atoms with E-state index in [0.29, 0.717) is 10.6 Å². The molecule has 1 N–H and O–H groups in total. The molecule has 0 bridgehead atoms. The van der Waals surface area contributed by atoms with Crippen LogP contribution in [0.1, 0.15) is 27.3 Å². The van der Waals surface area contributed by atoms with Gasteiger partial charge in [0.2, 0.25) is 0 Å². The molecule has 1 heterocycles. The Hall–Kier alpha value is -2.07. The minimum Gasteiger partial charge on any atom is -0.347 e. The summed E-state index contributed by atoms with van der Waals surface area (Å²) in [4.78, 5) is 11.9. The molecule has 0 aliphatic heterocycles. The first-order chi connectivity index (χ1) is 9.49. The van der Waals surface area contributed by atoms with Crippen molar-refractivity contribution in [3.63, 3.8) is 0 Å². The van der Waals surface area contributed by atoms with Crippen LogP contribution in [0.2, 0.25) is 5.02 Å². The quantitative estimate of drug-likeness (QED) is 0.685. The highest BCUT2D eigenvalue weighted by Crippen LogP contribution is 2.17. The Morgan fingerprint density at radius 2 is 2.05 bits per heavy atom. The van der Waals surface area contributed by atoms with E-state index in [1.165, 1.54) is 0 Å². The van der Waals surface area contributed by atoms with Gasteiger partial charge in [0.15, 0.2) is 0 Å². The number of rotatable bonds is 3. The summed E-state index contributed by atoms with van der Waals surface area (Å²) in [5, 5.41) is 4.38. The topological polar surface area (TPSA) is 46.4 Å². The number of hydrazone groups is 1. The van der Waals surface area contributed by atoms with Gasteiger partial charge in [0.05, 0.1) is 22.5 Å². The molecular formula is C15H16ClN3O. The molecule has 20 heavy (non-hydrogen) atoms. The maximum Gasteiger partial charge on any atom is 0.272 e. The molecule has 5 heteroatoms. The lowest BCUT2D eigenvalue weighted by Crippen LogP contribution is -2.18. The molecule has 2 rings (SSSR count). The van der Waals surface area contributed by atoms with E-state index in [-0.39, 0.29) is 5.91 Å². The molecule has 0 aliphatic rings. The van der Waals surface area contributed by atoms with Crippen molar-refractivity contribution < 1.29 is 4.79 Å². The van der Waals surface area contributed by atoms with Crippen LogP contribution in [0.25, 0.3) is 0 Å². The zero-order chi connectivity index (χ0) is 14.7. The van der Waals surface area contributed by atoms with E-state index < -0.39 is 0 Å². The summed E-state index contributed by atoms with van der Waals surface area (Å²) >= 11 is 6.03. The van der Waals surface area contributed by atoms with Gasteiger partial charge in [-0.1, -0.05) is 17.7 Å². The number of halogens is 1.